The van der Waals surface area contributed by atoms with Crippen LogP contribution in [-0.2, 0) is 21.4 Å². The van der Waals surface area contributed by atoms with Crippen molar-refractivity contribution in [1.82, 2.24) is 10.0 Å². The van der Waals surface area contributed by atoms with Crippen molar-refractivity contribution in [1.29, 1.82) is 0 Å². The van der Waals surface area contributed by atoms with Gasteiger partial charge in [-0.1, -0.05) is 42.5 Å². The van der Waals surface area contributed by atoms with Crippen LogP contribution in [0.3, 0.4) is 0 Å². The standard InChI is InChI=1S/C20H22F2N2O5S/c1-28-17-9-5-8-16(19(17)29-20(21)22)10-11-18(25)23-12-13-30(26,27)24-14-15-6-3-2-4-7-15/h2-11,20,24H,12-14H2,1H3,(H,23,25)/b11-10+. The zero-order valence-corrected chi connectivity index (χ0v) is 17.0. The second kappa shape index (κ2) is 11.3. The summed E-state index contributed by atoms with van der Waals surface area (Å²) >= 11 is 0. The molecule has 0 heterocycles. The number of methoxy groups -OCH3 is 1. The van der Waals surface area contributed by atoms with Gasteiger partial charge in [0, 0.05) is 24.7 Å². The average Bonchev–Trinajstić information content (AvgIpc) is 2.72. The first-order valence-electron chi connectivity index (χ1n) is 8.89. The average molecular weight is 440 g/mol. The fraction of sp³-hybridized carbons (Fsp3) is 0.250. The number of amides is 1. The van der Waals surface area contributed by atoms with Crippen LogP contribution in [0.5, 0.6) is 11.5 Å². The minimum absolute atomic E-state index is 0.0912. The van der Waals surface area contributed by atoms with Crippen LogP contribution < -0.4 is 19.5 Å². The van der Waals surface area contributed by atoms with Gasteiger partial charge in [-0.3, -0.25) is 4.79 Å². The van der Waals surface area contributed by atoms with Crippen LogP contribution in [0.2, 0.25) is 0 Å². The minimum Gasteiger partial charge on any atom is -0.493 e. The van der Waals surface area contributed by atoms with Crippen LogP contribution >= 0.6 is 0 Å². The van der Waals surface area contributed by atoms with E-state index in [2.05, 4.69) is 14.8 Å². The number of hydrogen-bond acceptors (Lipinski definition) is 5. The van der Waals surface area contributed by atoms with Crippen LogP contribution in [0.25, 0.3) is 6.08 Å². The number of benzene rings is 2. The third kappa shape index (κ3) is 7.80. The van der Waals surface area contributed by atoms with Gasteiger partial charge in [-0.15, -0.1) is 0 Å². The fourth-order valence-corrected chi connectivity index (χ4v) is 3.34. The fourth-order valence-electron chi connectivity index (χ4n) is 2.43. The van der Waals surface area contributed by atoms with E-state index < -0.39 is 22.5 Å². The number of alkyl halides is 2. The molecule has 7 nitrogen and oxygen atoms in total. The Labute approximate surface area is 173 Å². The Morgan fingerprint density at radius 1 is 1.13 bits per heavy atom. The highest BCUT2D eigenvalue weighted by Gasteiger charge is 2.14. The molecule has 2 N–H and O–H groups in total. The lowest BCUT2D eigenvalue weighted by Crippen LogP contribution is -2.33. The van der Waals surface area contributed by atoms with E-state index in [9.17, 15) is 22.0 Å². The number of nitrogens with one attached hydrogen (secondary N) is 2. The summed E-state index contributed by atoms with van der Waals surface area (Å²) in [6.07, 6.45) is 2.37. The largest absolute Gasteiger partial charge is 0.493 e. The van der Waals surface area contributed by atoms with Crippen molar-refractivity contribution < 1.29 is 31.5 Å². The molecular weight excluding hydrogens is 418 g/mol. The van der Waals surface area contributed by atoms with Crippen LogP contribution in [0, 0.1) is 0 Å². The second-order valence-electron chi connectivity index (χ2n) is 6.01. The number of sulfonamides is 1. The van der Waals surface area contributed by atoms with Gasteiger partial charge in [-0.25, -0.2) is 13.1 Å². The van der Waals surface area contributed by atoms with Crippen molar-refractivity contribution in [2.45, 2.75) is 13.2 Å². The van der Waals surface area contributed by atoms with Crippen molar-refractivity contribution in [3.05, 3.63) is 65.7 Å². The highest BCUT2D eigenvalue weighted by Crippen LogP contribution is 2.33. The van der Waals surface area contributed by atoms with E-state index >= 15 is 0 Å². The van der Waals surface area contributed by atoms with Crippen molar-refractivity contribution in [2.75, 3.05) is 19.4 Å². The number of hydrogen-bond donors (Lipinski definition) is 2. The number of carbonyl (C=O) groups is 1. The zero-order chi connectivity index (χ0) is 22.0. The Kier molecular flexibility index (Phi) is 8.75. The summed E-state index contributed by atoms with van der Waals surface area (Å²) < 4.78 is 61.1. The number of ether oxygens (including phenoxy) is 2. The topological polar surface area (TPSA) is 93.7 Å². The number of halogens is 2. The molecule has 0 unspecified atom stereocenters. The maximum atomic E-state index is 12.6. The molecular formula is C20H22F2N2O5S. The molecule has 1 amide bonds. The SMILES string of the molecule is COc1cccc(/C=C/C(=O)NCCS(=O)(=O)NCc2ccccc2)c1OC(F)F. The van der Waals surface area contributed by atoms with E-state index in [4.69, 9.17) is 4.74 Å². The van der Waals surface area contributed by atoms with Gasteiger partial charge in [0.1, 0.15) is 0 Å². The van der Waals surface area contributed by atoms with Gasteiger partial charge in [0.05, 0.1) is 12.9 Å². The Morgan fingerprint density at radius 2 is 1.87 bits per heavy atom. The molecule has 0 atom stereocenters. The third-order valence-corrected chi connectivity index (χ3v) is 5.19. The molecule has 0 radical (unpaired) electrons. The molecule has 0 aliphatic carbocycles. The monoisotopic (exact) mass is 440 g/mol. The summed E-state index contributed by atoms with van der Waals surface area (Å²) in [5.41, 5.74) is 1.02. The predicted octanol–water partition coefficient (Wildman–Crippen LogP) is 2.55. The molecule has 0 bridgehead atoms. The summed E-state index contributed by atoms with van der Waals surface area (Å²) in [5.74, 6) is -1.00. The van der Waals surface area contributed by atoms with E-state index in [1.807, 2.05) is 6.07 Å². The molecule has 0 aliphatic heterocycles. The normalized spacial score (nSPS) is 11.6. The van der Waals surface area contributed by atoms with E-state index in [0.717, 1.165) is 11.6 Å². The van der Waals surface area contributed by atoms with Gasteiger partial charge < -0.3 is 14.8 Å². The van der Waals surface area contributed by atoms with Crippen molar-refractivity contribution in [3.63, 3.8) is 0 Å². The zero-order valence-electron chi connectivity index (χ0n) is 16.2. The third-order valence-electron chi connectivity index (χ3n) is 3.86. The maximum absolute atomic E-state index is 12.6. The molecule has 30 heavy (non-hydrogen) atoms. The van der Waals surface area contributed by atoms with Gasteiger partial charge in [0.15, 0.2) is 11.5 Å². The summed E-state index contributed by atoms with van der Waals surface area (Å²) in [7, 11) is -2.27. The Bertz CT molecular complexity index is 966. The minimum atomic E-state index is -3.58. The molecule has 0 spiro atoms. The molecule has 0 aromatic heterocycles. The van der Waals surface area contributed by atoms with Gasteiger partial charge >= 0.3 is 6.61 Å². The van der Waals surface area contributed by atoms with Gasteiger partial charge in [-0.05, 0) is 17.7 Å². The number of carbonyl (C=O) groups excluding carboxylic acids is 1. The Hall–Kier alpha value is -2.98. The lowest BCUT2D eigenvalue weighted by Gasteiger charge is -2.12. The summed E-state index contributed by atoms with van der Waals surface area (Å²) in [4.78, 5) is 11.9. The lowest BCUT2D eigenvalue weighted by atomic mass is 10.1. The predicted molar refractivity (Wildman–Crippen MR) is 109 cm³/mol. The molecule has 2 aromatic carbocycles. The van der Waals surface area contributed by atoms with Crippen LogP contribution in [-0.4, -0.2) is 40.3 Å². The first-order chi connectivity index (χ1) is 14.3. The van der Waals surface area contributed by atoms with Crippen molar-refractivity contribution in [3.8, 4) is 11.5 Å². The Balaban J connectivity index is 1.88. The highest BCUT2D eigenvalue weighted by atomic mass is 32.2. The van der Waals surface area contributed by atoms with E-state index in [1.165, 1.54) is 25.3 Å². The molecule has 0 saturated carbocycles. The first kappa shape index (κ1) is 23.3. The van der Waals surface area contributed by atoms with Crippen LogP contribution in [0.1, 0.15) is 11.1 Å². The summed E-state index contributed by atoms with van der Waals surface area (Å²) in [6, 6.07) is 13.5. The van der Waals surface area contributed by atoms with E-state index in [1.54, 1.807) is 30.3 Å². The lowest BCUT2D eigenvalue weighted by molar-refractivity contribution is -0.116. The molecule has 0 saturated heterocycles. The van der Waals surface area contributed by atoms with Crippen LogP contribution in [0.4, 0.5) is 8.78 Å². The summed E-state index contributed by atoms with van der Waals surface area (Å²) in [5, 5.41) is 2.43. The van der Waals surface area contributed by atoms with E-state index in [-0.39, 0.29) is 35.9 Å². The van der Waals surface area contributed by atoms with E-state index in [0.29, 0.717) is 0 Å². The molecule has 0 fully saturated rings. The first-order valence-corrected chi connectivity index (χ1v) is 10.5. The highest BCUT2D eigenvalue weighted by molar-refractivity contribution is 7.89. The molecule has 162 valence electrons. The molecule has 10 heteroatoms. The number of para-hydroxylation sites is 1. The van der Waals surface area contributed by atoms with Crippen molar-refractivity contribution in [2.24, 2.45) is 0 Å². The van der Waals surface area contributed by atoms with Crippen molar-refractivity contribution >= 4 is 22.0 Å². The smallest absolute Gasteiger partial charge is 0.387 e. The molecule has 2 rings (SSSR count). The molecule has 2 aromatic rings. The maximum Gasteiger partial charge on any atom is 0.387 e. The van der Waals surface area contributed by atoms with Gasteiger partial charge in [-0.2, -0.15) is 8.78 Å². The number of rotatable bonds is 11. The molecule has 0 aliphatic rings. The van der Waals surface area contributed by atoms with Crippen LogP contribution in [0.15, 0.2) is 54.6 Å². The Morgan fingerprint density at radius 3 is 2.53 bits per heavy atom. The van der Waals surface area contributed by atoms with Gasteiger partial charge in [0.2, 0.25) is 15.9 Å². The second-order valence-corrected chi connectivity index (χ2v) is 7.93. The van der Waals surface area contributed by atoms with Gasteiger partial charge in [0.25, 0.3) is 0 Å². The summed E-state index contributed by atoms with van der Waals surface area (Å²) in [6.45, 7) is -3.03. The quantitative estimate of drug-likeness (QED) is 0.524.